The molecule has 1 saturated carbocycles. The van der Waals surface area contributed by atoms with Gasteiger partial charge >= 0.3 is 11.8 Å². The van der Waals surface area contributed by atoms with Gasteiger partial charge in [-0.1, -0.05) is 18.2 Å². The van der Waals surface area contributed by atoms with Crippen LogP contribution in [0.3, 0.4) is 0 Å². The predicted molar refractivity (Wildman–Crippen MR) is 101 cm³/mol. The molecule has 0 bridgehead atoms. The number of sulfonamides is 1. The number of carbonyl (C=O) groups is 3. The minimum Gasteiger partial charge on any atom is -0.345 e. The molecule has 0 heterocycles. The summed E-state index contributed by atoms with van der Waals surface area (Å²) in [6.07, 6.45) is 3.68. The van der Waals surface area contributed by atoms with Crippen LogP contribution in [-0.2, 0) is 24.4 Å². The van der Waals surface area contributed by atoms with E-state index in [1.165, 1.54) is 23.9 Å². The monoisotopic (exact) mass is 414 g/mol. The highest BCUT2D eigenvalue weighted by Gasteiger charge is 2.28. The van der Waals surface area contributed by atoms with Crippen LogP contribution < -0.4 is 20.9 Å². The van der Waals surface area contributed by atoms with Crippen LogP contribution in [0.2, 0.25) is 0 Å². The number of benzene rings is 1. The SMILES string of the molecule is CSCCC(NS(=O)(=O)c1ccccc1)C(=O)NNC(=O)C(=O)NC1CC1. The smallest absolute Gasteiger partial charge is 0.327 e. The third kappa shape index (κ3) is 6.85. The number of amides is 3. The van der Waals surface area contributed by atoms with E-state index >= 15 is 0 Å². The van der Waals surface area contributed by atoms with Crippen molar-refractivity contribution in [1.29, 1.82) is 0 Å². The first-order chi connectivity index (χ1) is 12.8. The van der Waals surface area contributed by atoms with Crippen molar-refractivity contribution < 1.29 is 22.8 Å². The van der Waals surface area contributed by atoms with Gasteiger partial charge in [-0.05, 0) is 43.4 Å². The van der Waals surface area contributed by atoms with Gasteiger partial charge in [0.05, 0.1) is 4.90 Å². The molecule has 1 aliphatic carbocycles. The van der Waals surface area contributed by atoms with Gasteiger partial charge in [0.1, 0.15) is 6.04 Å². The Morgan fingerprint density at radius 2 is 1.78 bits per heavy atom. The molecule has 0 aromatic heterocycles. The molecule has 1 atom stereocenters. The number of rotatable bonds is 8. The lowest BCUT2D eigenvalue weighted by Gasteiger charge is -2.18. The molecule has 1 fully saturated rings. The third-order valence-electron chi connectivity index (χ3n) is 3.70. The van der Waals surface area contributed by atoms with Crippen LogP contribution in [-0.4, -0.2) is 50.2 Å². The summed E-state index contributed by atoms with van der Waals surface area (Å²) < 4.78 is 27.2. The summed E-state index contributed by atoms with van der Waals surface area (Å²) in [7, 11) is -3.91. The zero-order chi connectivity index (χ0) is 19.9. The summed E-state index contributed by atoms with van der Waals surface area (Å²) in [6, 6.07) is 6.56. The third-order valence-corrected chi connectivity index (χ3v) is 5.83. The van der Waals surface area contributed by atoms with Crippen LogP contribution in [0.4, 0.5) is 0 Å². The molecule has 9 nitrogen and oxygen atoms in total. The highest BCUT2D eigenvalue weighted by atomic mass is 32.2. The molecule has 1 aromatic carbocycles. The van der Waals surface area contributed by atoms with Gasteiger partial charge in [0.2, 0.25) is 10.0 Å². The van der Waals surface area contributed by atoms with E-state index < -0.39 is 33.8 Å². The van der Waals surface area contributed by atoms with Gasteiger partial charge in [0.25, 0.3) is 5.91 Å². The van der Waals surface area contributed by atoms with Crippen LogP contribution in [0.25, 0.3) is 0 Å². The fourth-order valence-electron chi connectivity index (χ4n) is 2.08. The fraction of sp³-hybridized carbons (Fsp3) is 0.438. The Kier molecular flexibility index (Phi) is 7.63. The number of carbonyl (C=O) groups excluding carboxylic acids is 3. The minimum absolute atomic E-state index is 0.00552. The van der Waals surface area contributed by atoms with Gasteiger partial charge in [-0.15, -0.1) is 0 Å². The highest BCUT2D eigenvalue weighted by Crippen LogP contribution is 2.18. The van der Waals surface area contributed by atoms with E-state index in [2.05, 4.69) is 15.5 Å². The number of thioether (sulfide) groups is 1. The van der Waals surface area contributed by atoms with Gasteiger partial charge in [0.15, 0.2) is 0 Å². The van der Waals surface area contributed by atoms with Crippen molar-refractivity contribution in [2.24, 2.45) is 0 Å². The molecule has 0 aliphatic heterocycles. The normalized spacial score (nSPS) is 14.9. The van der Waals surface area contributed by atoms with E-state index in [-0.39, 0.29) is 17.4 Å². The topological polar surface area (TPSA) is 133 Å². The second kappa shape index (κ2) is 9.72. The predicted octanol–water partition coefficient (Wildman–Crippen LogP) is -0.487. The molecule has 1 unspecified atom stereocenters. The van der Waals surface area contributed by atoms with Crippen LogP contribution in [0.15, 0.2) is 35.2 Å². The summed E-state index contributed by atoms with van der Waals surface area (Å²) in [5, 5.41) is 2.48. The van der Waals surface area contributed by atoms with Gasteiger partial charge in [0, 0.05) is 6.04 Å². The first-order valence-electron chi connectivity index (χ1n) is 8.30. The molecule has 11 heteroatoms. The molecule has 27 heavy (non-hydrogen) atoms. The summed E-state index contributed by atoms with van der Waals surface area (Å²) >= 11 is 1.45. The average molecular weight is 415 g/mol. The van der Waals surface area contributed by atoms with E-state index in [0.29, 0.717) is 5.75 Å². The molecule has 148 valence electrons. The quantitative estimate of drug-likeness (QED) is 0.335. The first-order valence-corrected chi connectivity index (χ1v) is 11.2. The molecule has 2 rings (SSSR count). The molecule has 4 N–H and O–H groups in total. The van der Waals surface area contributed by atoms with Crippen LogP contribution in [0.1, 0.15) is 19.3 Å². The second-order valence-corrected chi connectivity index (χ2v) is 8.66. The Balaban J connectivity index is 1.96. The second-order valence-electron chi connectivity index (χ2n) is 5.96. The number of hydrogen-bond donors (Lipinski definition) is 4. The summed E-state index contributed by atoms with van der Waals surface area (Å²) in [5.74, 6) is -2.09. The zero-order valence-electron chi connectivity index (χ0n) is 14.7. The molecule has 0 saturated heterocycles. The van der Waals surface area contributed by atoms with Crippen molar-refractivity contribution in [3.8, 4) is 0 Å². The number of hydrazine groups is 1. The molecule has 0 spiro atoms. The fourth-order valence-corrected chi connectivity index (χ4v) is 3.80. The Morgan fingerprint density at radius 1 is 1.11 bits per heavy atom. The lowest BCUT2D eigenvalue weighted by molar-refractivity contribution is -0.141. The summed E-state index contributed by atoms with van der Waals surface area (Å²) in [4.78, 5) is 35.6. The Morgan fingerprint density at radius 3 is 2.37 bits per heavy atom. The largest absolute Gasteiger partial charge is 0.345 e. The maximum Gasteiger partial charge on any atom is 0.327 e. The van der Waals surface area contributed by atoms with Crippen molar-refractivity contribution in [2.45, 2.75) is 36.2 Å². The van der Waals surface area contributed by atoms with Gasteiger partial charge < -0.3 is 5.32 Å². The van der Waals surface area contributed by atoms with Gasteiger partial charge in [-0.2, -0.15) is 16.5 Å². The number of hydrogen-bond acceptors (Lipinski definition) is 6. The van der Waals surface area contributed by atoms with E-state index in [1.807, 2.05) is 11.7 Å². The van der Waals surface area contributed by atoms with Crippen LogP contribution in [0, 0.1) is 0 Å². The molecular weight excluding hydrogens is 392 g/mol. The first kappa shape index (κ1) is 21.2. The highest BCUT2D eigenvalue weighted by molar-refractivity contribution is 7.98. The van der Waals surface area contributed by atoms with Crippen LogP contribution >= 0.6 is 11.8 Å². The Hall–Kier alpha value is -2.11. The van der Waals surface area contributed by atoms with Crippen LogP contribution in [0.5, 0.6) is 0 Å². The van der Waals surface area contributed by atoms with Gasteiger partial charge in [-0.3, -0.25) is 25.2 Å². The lowest BCUT2D eigenvalue weighted by Crippen LogP contribution is -2.55. The summed E-state index contributed by atoms with van der Waals surface area (Å²) in [6.45, 7) is 0. The van der Waals surface area contributed by atoms with Crippen molar-refractivity contribution in [1.82, 2.24) is 20.9 Å². The molecule has 3 amide bonds. The van der Waals surface area contributed by atoms with E-state index in [0.717, 1.165) is 12.8 Å². The van der Waals surface area contributed by atoms with E-state index in [1.54, 1.807) is 18.2 Å². The summed E-state index contributed by atoms with van der Waals surface area (Å²) in [5.41, 5.74) is 4.11. The molecular formula is C16H22N4O5S2. The van der Waals surface area contributed by atoms with Crippen molar-refractivity contribution in [3.63, 3.8) is 0 Å². The Bertz CT molecular complexity index is 781. The molecule has 1 aliphatic rings. The molecule has 1 aromatic rings. The lowest BCUT2D eigenvalue weighted by atomic mass is 10.2. The van der Waals surface area contributed by atoms with E-state index in [4.69, 9.17) is 0 Å². The maximum atomic E-state index is 12.4. The maximum absolute atomic E-state index is 12.4. The van der Waals surface area contributed by atoms with Gasteiger partial charge in [-0.25, -0.2) is 8.42 Å². The average Bonchev–Trinajstić information content (AvgIpc) is 3.47. The Labute approximate surface area is 162 Å². The number of nitrogens with one attached hydrogen (secondary N) is 4. The molecule has 0 radical (unpaired) electrons. The van der Waals surface area contributed by atoms with Crippen molar-refractivity contribution >= 4 is 39.5 Å². The van der Waals surface area contributed by atoms with Crippen molar-refractivity contribution in [3.05, 3.63) is 30.3 Å². The zero-order valence-corrected chi connectivity index (χ0v) is 16.4. The van der Waals surface area contributed by atoms with E-state index in [9.17, 15) is 22.8 Å². The standard InChI is InChI=1S/C16H22N4O5S2/c1-26-10-9-13(20-27(24,25)12-5-3-2-4-6-12)14(21)18-19-16(23)15(22)17-11-7-8-11/h2-6,11,13,20H,7-10H2,1H3,(H,17,22)(H,18,21)(H,19,23). The van der Waals surface area contributed by atoms with Crippen molar-refractivity contribution in [2.75, 3.05) is 12.0 Å². The minimum atomic E-state index is -3.91.